The van der Waals surface area contributed by atoms with E-state index in [1.165, 1.54) is 16.2 Å². The van der Waals surface area contributed by atoms with Gasteiger partial charge in [-0.05, 0) is 6.07 Å². The normalized spacial score (nSPS) is 9.75. The molecule has 86 valence electrons. The van der Waals surface area contributed by atoms with Gasteiger partial charge in [-0.3, -0.25) is 14.4 Å². The highest BCUT2D eigenvalue weighted by Gasteiger charge is 2.13. The fourth-order valence-electron chi connectivity index (χ4n) is 1.18. The molecular weight excluding hydrogens is 230 g/mol. The van der Waals surface area contributed by atoms with Gasteiger partial charge in [0, 0.05) is 11.1 Å². The lowest BCUT2D eigenvalue weighted by Crippen LogP contribution is -2.39. The Bertz CT molecular complexity index is 400. The second kappa shape index (κ2) is 5.26. The molecule has 1 aromatic heterocycles. The zero-order chi connectivity index (χ0) is 12.1. The number of hydrogen-bond donors (Lipinski definition) is 2. The van der Waals surface area contributed by atoms with Crippen molar-refractivity contribution < 1.29 is 14.4 Å². The molecule has 7 heteroatoms. The number of anilines is 1. The van der Waals surface area contributed by atoms with Gasteiger partial charge in [0.2, 0.25) is 11.8 Å². The molecule has 0 fully saturated rings. The van der Waals surface area contributed by atoms with Gasteiger partial charge in [-0.2, -0.15) is 0 Å². The number of carbonyl (C=O) groups is 3. The number of rotatable bonds is 6. The largest absolute Gasteiger partial charge is 0.368 e. The summed E-state index contributed by atoms with van der Waals surface area (Å²) in [4.78, 5) is 34.0. The van der Waals surface area contributed by atoms with Gasteiger partial charge in [0.05, 0.1) is 18.0 Å². The van der Waals surface area contributed by atoms with Gasteiger partial charge in [0.1, 0.15) is 0 Å². The molecule has 2 amide bonds. The van der Waals surface area contributed by atoms with Gasteiger partial charge in [-0.15, -0.1) is 11.3 Å². The lowest BCUT2D eigenvalue weighted by Gasteiger charge is -2.19. The Balaban J connectivity index is 2.85. The van der Waals surface area contributed by atoms with E-state index in [9.17, 15) is 14.4 Å². The van der Waals surface area contributed by atoms with Crippen molar-refractivity contribution in [2.24, 2.45) is 11.5 Å². The van der Waals surface area contributed by atoms with E-state index in [2.05, 4.69) is 0 Å². The van der Waals surface area contributed by atoms with Crippen LogP contribution in [0.4, 0.5) is 5.69 Å². The number of amides is 2. The molecule has 0 unspecified atom stereocenters. The molecule has 0 aliphatic carbocycles. The van der Waals surface area contributed by atoms with Crippen molar-refractivity contribution in [1.82, 2.24) is 0 Å². The molecule has 0 radical (unpaired) electrons. The summed E-state index contributed by atoms with van der Waals surface area (Å²) in [7, 11) is 0. The highest BCUT2D eigenvalue weighted by molar-refractivity contribution is 7.12. The molecule has 16 heavy (non-hydrogen) atoms. The predicted molar refractivity (Wildman–Crippen MR) is 60.3 cm³/mol. The van der Waals surface area contributed by atoms with E-state index < -0.39 is 11.8 Å². The first-order chi connectivity index (χ1) is 7.52. The highest BCUT2D eigenvalue weighted by Crippen LogP contribution is 2.21. The van der Waals surface area contributed by atoms with E-state index >= 15 is 0 Å². The third-order valence-electron chi connectivity index (χ3n) is 1.78. The third-order valence-corrected chi connectivity index (χ3v) is 2.63. The Kier molecular flexibility index (Phi) is 4.01. The van der Waals surface area contributed by atoms with Crippen LogP contribution in [0.5, 0.6) is 0 Å². The lowest BCUT2D eigenvalue weighted by molar-refractivity contribution is -0.117. The molecule has 0 aliphatic rings. The van der Waals surface area contributed by atoms with Crippen molar-refractivity contribution in [3.8, 4) is 0 Å². The predicted octanol–water partition coefficient (Wildman–Crippen LogP) is -0.662. The van der Waals surface area contributed by atoms with Gasteiger partial charge in [0.25, 0.3) is 0 Å². The smallest absolute Gasteiger partial charge is 0.236 e. The Morgan fingerprint density at radius 3 is 2.25 bits per heavy atom. The van der Waals surface area contributed by atoms with Crippen LogP contribution in [0.2, 0.25) is 0 Å². The molecule has 0 saturated heterocycles. The summed E-state index contributed by atoms with van der Waals surface area (Å²) in [6.45, 7) is -0.226. The molecule has 1 heterocycles. The van der Waals surface area contributed by atoms with Crippen molar-refractivity contribution in [1.29, 1.82) is 0 Å². The summed E-state index contributed by atoms with van der Waals surface area (Å²) in [5.41, 5.74) is 10.7. The molecule has 1 rings (SSSR count). The van der Waals surface area contributed by atoms with E-state index in [1.54, 1.807) is 11.4 Å². The second-order valence-corrected chi connectivity index (χ2v) is 4.06. The minimum absolute atomic E-state index is 0.113. The Labute approximate surface area is 95.8 Å². The van der Waals surface area contributed by atoms with Crippen LogP contribution in [0.25, 0.3) is 0 Å². The average Bonchev–Trinajstić information content (AvgIpc) is 2.63. The van der Waals surface area contributed by atoms with Crippen LogP contribution in [0.1, 0.15) is 9.67 Å². The zero-order valence-corrected chi connectivity index (χ0v) is 9.20. The topological polar surface area (TPSA) is 106 Å². The molecule has 0 aliphatic heterocycles. The fraction of sp³-hybridized carbons (Fsp3) is 0.222. The van der Waals surface area contributed by atoms with Crippen molar-refractivity contribution in [3.63, 3.8) is 0 Å². The number of hydrogen-bond acceptors (Lipinski definition) is 5. The number of thiophene rings is 1. The van der Waals surface area contributed by atoms with Crippen LogP contribution in [0.3, 0.4) is 0 Å². The van der Waals surface area contributed by atoms with Crippen molar-refractivity contribution in [3.05, 3.63) is 16.3 Å². The molecule has 1 aromatic rings. The van der Waals surface area contributed by atoms with Gasteiger partial charge < -0.3 is 16.4 Å². The molecule has 4 N–H and O–H groups in total. The first kappa shape index (κ1) is 12.2. The number of carbonyl (C=O) groups excluding carboxylic acids is 3. The van der Waals surface area contributed by atoms with Crippen LogP contribution < -0.4 is 16.4 Å². The standard InChI is InChI=1S/C9H11N3O3S/c10-8(14)2-12(3-9(11)15)6-1-7(4-13)16-5-6/h1,4-5H,2-3H2,(H2,10,14)(H2,11,15). The van der Waals surface area contributed by atoms with Gasteiger partial charge in [0.15, 0.2) is 6.29 Å². The zero-order valence-electron chi connectivity index (χ0n) is 8.38. The van der Waals surface area contributed by atoms with E-state index in [0.717, 1.165) is 0 Å². The van der Waals surface area contributed by atoms with E-state index in [1.807, 2.05) is 0 Å². The first-order valence-electron chi connectivity index (χ1n) is 4.38. The maximum Gasteiger partial charge on any atom is 0.236 e. The van der Waals surface area contributed by atoms with Crippen LogP contribution in [-0.4, -0.2) is 31.2 Å². The average molecular weight is 241 g/mol. The number of primary amides is 2. The minimum Gasteiger partial charge on any atom is -0.368 e. The van der Waals surface area contributed by atoms with E-state index in [4.69, 9.17) is 11.5 Å². The quantitative estimate of drug-likeness (QED) is 0.644. The summed E-state index contributed by atoms with van der Waals surface area (Å²) in [5.74, 6) is -1.14. The fourth-order valence-corrected chi connectivity index (χ4v) is 1.90. The maximum absolute atomic E-state index is 10.8. The SMILES string of the molecule is NC(=O)CN(CC(N)=O)c1csc(C=O)c1. The molecule has 0 saturated carbocycles. The van der Waals surface area contributed by atoms with Gasteiger partial charge >= 0.3 is 0 Å². The number of nitrogens with zero attached hydrogens (tertiary/aromatic N) is 1. The summed E-state index contributed by atoms with van der Waals surface area (Å²) >= 11 is 1.22. The first-order valence-corrected chi connectivity index (χ1v) is 5.26. The van der Waals surface area contributed by atoms with Crippen LogP contribution >= 0.6 is 11.3 Å². The van der Waals surface area contributed by atoms with E-state index in [-0.39, 0.29) is 13.1 Å². The molecule has 6 nitrogen and oxygen atoms in total. The van der Waals surface area contributed by atoms with Crippen LogP contribution in [0.15, 0.2) is 11.4 Å². The van der Waals surface area contributed by atoms with Crippen molar-refractivity contribution >= 4 is 35.1 Å². The second-order valence-electron chi connectivity index (χ2n) is 3.11. The van der Waals surface area contributed by atoms with Crippen LogP contribution in [-0.2, 0) is 9.59 Å². The Morgan fingerprint density at radius 2 is 1.88 bits per heavy atom. The molecular formula is C9H11N3O3S. The van der Waals surface area contributed by atoms with Crippen molar-refractivity contribution in [2.45, 2.75) is 0 Å². The number of nitrogens with two attached hydrogens (primary N) is 2. The summed E-state index contributed by atoms with van der Waals surface area (Å²) in [5, 5.41) is 1.66. The Morgan fingerprint density at radius 1 is 1.31 bits per heavy atom. The summed E-state index contributed by atoms with van der Waals surface area (Å²) in [6.07, 6.45) is 0.695. The molecule has 0 aromatic carbocycles. The number of aldehydes is 1. The maximum atomic E-state index is 10.8. The third kappa shape index (κ3) is 3.35. The highest BCUT2D eigenvalue weighted by atomic mass is 32.1. The summed E-state index contributed by atoms with van der Waals surface area (Å²) in [6, 6.07) is 1.57. The van der Waals surface area contributed by atoms with Gasteiger partial charge in [-0.1, -0.05) is 0 Å². The monoisotopic (exact) mass is 241 g/mol. The minimum atomic E-state index is -0.569. The van der Waals surface area contributed by atoms with Crippen LogP contribution in [0, 0.1) is 0 Å². The molecule has 0 spiro atoms. The summed E-state index contributed by atoms with van der Waals surface area (Å²) < 4.78 is 0. The van der Waals surface area contributed by atoms with Crippen molar-refractivity contribution in [2.75, 3.05) is 18.0 Å². The molecule has 0 atom stereocenters. The van der Waals surface area contributed by atoms with E-state index in [0.29, 0.717) is 16.9 Å². The van der Waals surface area contributed by atoms with Gasteiger partial charge in [-0.25, -0.2) is 0 Å². The Hall–Kier alpha value is -1.89. The lowest BCUT2D eigenvalue weighted by atomic mass is 10.3. The molecule has 0 bridgehead atoms.